The number of carbonyl (C=O) groups excluding carboxylic acids is 1. The maximum Gasteiger partial charge on any atom is 0.266 e. The average molecular weight is 473 g/mol. The van der Waals surface area contributed by atoms with Gasteiger partial charge in [-0.3, -0.25) is 4.79 Å². The van der Waals surface area contributed by atoms with Crippen molar-refractivity contribution >= 4 is 17.7 Å². The molecule has 0 saturated carbocycles. The third-order valence-electron chi connectivity index (χ3n) is 4.92. The number of anilines is 1. The van der Waals surface area contributed by atoms with Crippen molar-refractivity contribution in [3.05, 3.63) is 101 Å². The molecular weight excluding hydrogens is 447 g/mol. The molecule has 0 saturated heterocycles. The standard InChI is InChI=1S/C28H25FN2O4/c1-3-5-21-14-20(15-22(17-30)28(33)31-24-10-12-25(32)13-11-24)16-26(34-4-2)27(21)35-18-19-6-8-23(29)9-7-19/h3,6-16,32H,1,4-5,18H2,2H3,(H,31,33)/b22-15+. The predicted molar refractivity (Wildman–Crippen MR) is 133 cm³/mol. The van der Waals surface area contributed by atoms with E-state index in [9.17, 15) is 19.6 Å². The number of nitrogens with one attached hydrogen (secondary N) is 1. The summed E-state index contributed by atoms with van der Waals surface area (Å²) in [7, 11) is 0. The first-order valence-corrected chi connectivity index (χ1v) is 10.9. The third kappa shape index (κ3) is 6.95. The van der Waals surface area contributed by atoms with E-state index in [0.29, 0.717) is 35.8 Å². The summed E-state index contributed by atoms with van der Waals surface area (Å²) >= 11 is 0. The number of hydrogen-bond acceptors (Lipinski definition) is 5. The fraction of sp³-hybridized carbons (Fsp3) is 0.143. The lowest BCUT2D eigenvalue weighted by molar-refractivity contribution is -0.112. The number of carbonyl (C=O) groups is 1. The van der Waals surface area contributed by atoms with E-state index in [4.69, 9.17) is 9.47 Å². The largest absolute Gasteiger partial charge is 0.508 e. The topological polar surface area (TPSA) is 91.6 Å². The van der Waals surface area contributed by atoms with Gasteiger partial charge in [-0.25, -0.2) is 4.39 Å². The van der Waals surface area contributed by atoms with Crippen molar-refractivity contribution in [1.29, 1.82) is 5.26 Å². The number of nitriles is 1. The average Bonchev–Trinajstić information content (AvgIpc) is 2.85. The summed E-state index contributed by atoms with van der Waals surface area (Å²) < 4.78 is 25.1. The highest BCUT2D eigenvalue weighted by Crippen LogP contribution is 2.35. The molecule has 7 heteroatoms. The first-order valence-electron chi connectivity index (χ1n) is 10.9. The molecule has 0 radical (unpaired) electrons. The summed E-state index contributed by atoms with van der Waals surface area (Å²) in [5, 5.41) is 21.6. The van der Waals surface area contributed by atoms with Gasteiger partial charge in [0, 0.05) is 11.3 Å². The Balaban J connectivity index is 1.91. The highest BCUT2D eigenvalue weighted by molar-refractivity contribution is 6.09. The van der Waals surface area contributed by atoms with Crippen molar-refractivity contribution in [2.75, 3.05) is 11.9 Å². The zero-order valence-corrected chi connectivity index (χ0v) is 19.3. The minimum absolute atomic E-state index is 0.0685. The molecule has 2 N–H and O–H groups in total. The maximum atomic E-state index is 13.2. The van der Waals surface area contributed by atoms with Gasteiger partial charge in [0.2, 0.25) is 0 Å². The summed E-state index contributed by atoms with van der Waals surface area (Å²) in [6.07, 6.45) is 3.64. The second-order valence-electron chi connectivity index (χ2n) is 7.52. The van der Waals surface area contributed by atoms with Gasteiger partial charge in [-0.05, 0) is 79.1 Å². The number of phenolic OH excluding ortho intramolecular Hbond substituents is 1. The summed E-state index contributed by atoms with van der Waals surface area (Å²) in [6.45, 7) is 6.22. The van der Waals surface area contributed by atoms with Gasteiger partial charge < -0.3 is 19.9 Å². The van der Waals surface area contributed by atoms with Gasteiger partial charge in [-0.15, -0.1) is 6.58 Å². The number of aromatic hydroxyl groups is 1. The first kappa shape index (κ1) is 25.1. The van der Waals surface area contributed by atoms with Gasteiger partial charge in [-0.1, -0.05) is 18.2 Å². The summed E-state index contributed by atoms with van der Waals surface area (Å²) in [6, 6.07) is 17.4. The van der Waals surface area contributed by atoms with Crippen molar-refractivity contribution in [3.8, 4) is 23.3 Å². The van der Waals surface area contributed by atoms with Crippen LogP contribution in [0.1, 0.15) is 23.6 Å². The number of allylic oxidation sites excluding steroid dienone is 1. The van der Waals surface area contributed by atoms with Crippen molar-refractivity contribution < 1.29 is 23.8 Å². The Morgan fingerprint density at radius 3 is 2.49 bits per heavy atom. The Morgan fingerprint density at radius 2 is 1.86 bits per heavy atom. The summed E-state index contributed by atoms with van der Waals surface area (Å²) in [5.41, 5.74) is 2.47. The molecule has 3 rings (SSSR count). The third-order valence-corrected chi connectivity index (χ3v) is 4.92. The molecule has 0 aromatic heterocycles. The number of hydrogen-bond donors (Lipinski definition) is 2. The van der Waals surface area contributed by atoms with Crippen LogP contribution in [0.15, 0.2) is 78.9 Å². The van der Waals surface area contributed by atoms with Crippen molar-refractivity contribution in [1.82, 2.24) is 0 Å². The zero-order valence-electron chi connectivity index (χ0n) is 19.3. The molecule has 35 heavy (non-hydrogen) atoms. The van der Waals surface area contributed by atoms with Crippen LogP contribution in [0.25, 0.3) is 6.08 Å². The second kappa shape index (κ2) is 12.1. The molecule has 0 aliphatic heterocycles. The first-order chi connectivity index (χ1) is 16.9. The van der Waals surface area contributed by atoms with E-state index in [1.165, 1.54) is 42.5 Å². The molecule has 0 heterocycles. The Morgan fingerprint density at radius 1 is 1.14 bits per heavy atom. The molecule has 0 bridgehead atoms. The number of amides is 1. The lowest BCUT2D eigenvalue weighted by atomic mass is 10.0. The molecule has 0 unspecified atom stereocenters. The predicted octanol–water partition coefficient (Wildman–Crippen LogP) is 5.78. The quantitative estimate of drug-likeness (QED) is 0.169. The molecule has 0 spiro atoms. The van der Waals surface area contributed by atoms with E-state index < -0.39 is 5.91 Å². The van der Waals surface area contributed by atoms with Crippen LogP contribution in [0.5, 0.6) is 17.2 Å². The van der Waals surface area contributed by atoms with Crippen LogP contribution < -0.4 is 14.8 Å². The van der Waals surface area contributed by atoms with Gasteiger partial charge in [0.1, 0.15) is 29.8 Å². The van der Waals surface area contributed by atoms with Crippen LogP contribution in [-0.4, -0.2) is 17.6 Å². The highest BCUT2D eigenvalue weighted by atomic mass is 19.1. The zero-order chi connectivity index (χ0) is 25.2. The van der Waals surface area contributed by atoms with E-state index in [1.54, 1.807) is 30.3 Å². The van der Waals surface area contributed by atoms with E-state index in [-0.39, 0.29) is 23.7 Å². The molecular formula is C28H25FN2O4. The number of halogens is 1. The minimum atomic E-state index is -0.585. The van der Waals surface area contributed by atoms with Crippen LogP contribution in [-0.2, 0) is 17.8 Å². The number of nitrogens with zero attached hydrogens (tertiary/aromatic N) is 1. The summed E-state index contributed by atoms with van der Waals surface area (Å²) in [5.74, 6) is 0.128. The molecule has 3 aromatic carbocycles. The minimum Gasteiger partial charge on any atom is -0.508 e. The fourth-order valence-corrected chi connectivity index (χ4v) is 3.30. The van der Waals surface area contributed by atoms with E-state index >= 15 is 0 Å². The van der Waals surface area contributed by atoms with E-state index in [0.717, 1.165) is 11.1 Å². The maximum absolute atomic E-state index is 13.2. The monoisotopic (exact) mass is 472 g/mol. The number of rotatable bonds is 10. The van der Waals surface area contributed by atoms with Crippen LogP contribution >= 0.6 is 0 Å². The Hall–Kier alpha value is -4.57. The molecule has 0 aliphatic rings. The number of benzene rings is 3. The van der Waals surface area contributed by atoms with E-state index in [2.05, 4.69) is 11.9 Å². The summed E-state index contributed by atoms with van der Waals surface area (Å²) in [4.78, 5) is 12.6. The normalized spacial score (nSPS) is 10.8. The van der Waals surface area contributed by atoms with Gasteiger partial charge in [0.05, 0.1) is 6.61 Å². The van der Waals surface area contributed by atoms with Crippen molar-refractivity contribution in [2.24, 2.45) is 0 Å². The second-order valence-corrected chi connectivity index (χ2v) is 7.52. The van der Waals surface area contributed by atoms with Crippen molar-refractivity contribution in [2.45, 2.75) is 20.0 Å². The van der Waals surface area contributed by atoms with Crippen LogP contribution in [0, 0.1) is 17.1 Å². The van der Waals surface area contributed by atoms with Crippen LogP contribution in [0.2, 0.25) is 0 Å². The highest BCUT2D eigenvalue weighted by Gasteiger charge is 2.15. The lowest BCUT2D eigenvalue weighted by Crippen LogP contribution is -2.13. The molecule has 6 nitrogen and oxygen atoms in total. The van der Waals surface area contributed by atoms with E-state index in [1.807, 2.05) is 13.0 Å². The Kier molecular flexibility index (Phi) is 8.63. The molecule has 3 aromatic rings. The SMILES string of the molecule is C=CCc1cc(/C=C(\C#N)C(=O)Nc2ccc(O)cc2)cc(OCC)c1OCc1ccc(F)cc1. The van der Waals surface area contributed by atoms with Gasteiger partial charge in [-0.2, -0.15) is 5.26 Å². The molecule has 0 fully saturated rings. The Bertz CT molecular complexity index is 1260. The van der Waals surface area contributed by atoms with Crippen molar-refractivity contribution in [3.63, 3.8) is 0 Å². The smallest absolute Gasteiger partial charge is 0.266 e. The molecule has 178 valence electrons. The van der Waals surface area contributed by atoms with Crippen LogP contribution in [0.4, 0.5) is 10.1 Å². The fourth-order valence-electron chi connectivity index (χ4n) is 3.30. The van der Waals surface area contributed by atoms with Gasteiger partial charge in [0.25, 0.3) is 5.91 Å². The van der Waals surface area contributed by atoms with Gasteiger partial charge in [0.15, 0.2) is 11.5 Å². The van der Waals surface area contributed by atoms with Gasteiger partial charge >= 0.3 is 0 Å². The molecule has 1 amide bonds. The number of phenols is 1. The lowest BCUT2D eigenvalue weighted by Gasteiger charge is -2.17. The Labute approximate surface area is 203 Å². The van der Waals surface area contributed by atoms with Crippen LogP contribution in [0.3, 0.4) is 0 Å². The number of ether oxygens (including phenoxy) is 2. The molecule has 0 atom stereocenters. The molecule has 0 aliphatic carbocycles.